The summed E-state index contributed by atoms with van der Waals surface area (Å²) in [6, 6.07) is 22.6. The first kappa shape index (κ1) is 20.8. The number of nitrogens with one attached hydrogen (secondary N) is 1. The van der Waals surface area contributed by atoms with Gasteiger partial charge in [0.25, 0.3) is 5.91 Å². The molecule has 1 aliphatic rings. The van der Waals surface area contributed by atoms with Gasteiger partial charge in [-0.2, -0.15) is 0 Å². The maximum Gasteiger partial charge on any atom is 0.255 e. The molecule has 0 aliphatic carbocycles. The van der Waals surface area contributed by atoms with Gasteiger partial charge < -0.3 is 19.9 Å². The second-order valence-corrected chi connectivity index (χ2v) is 7.57. The van der Waals surface area contributed by atoms with E-state index in [1.165, 1.54) is 0 Å². The minimum absolute atomic E-state index is 0.00387. The van der Waals surface area contributed by atoms with Crippen LogP contribution in [0.4, 0.5) is 0 Å². The zero-order valence-corrected chi connectivity index (χ0v) is 17.5. The summed E-state index contributed by atoms with van der Waals surface area (Å²) in [6.07, 6.45) is -0.00387. The van der Waals surface area contributed by atoms with Gasteiger partial charge in [-0.05, 0) is 23.8 Å². The zero-order valence-electron chi connectivity index (χ0n) is 17.5. The number of carbonyl (C=O) groups is 1. The summed E-state index contributed by atoms with van der Waals surface area (Å²) in [5.41, 5.74) is 2.39. The molecule has 0 aromatic heterocycles. The van der Waals surface area contributed by atoms with Crippen LogP contribution in [-0.4, -0.2) is 42.2 Å². The number of likely N-dealkylation sites (tertiary alicyclic amines) is 1. The number of phenolic OH excluding ortho intramolecular Hbond substituents is 1. The lowest BCUT2D eigenvalue weighted by atomic mass is 10.1. The number of nitrogens with zero attached hydrogens (tertiary/aromatic N) is 1. The van der Waals surface area contributed by atoms with Crippen molar-refractivity contribution in [1.29, 1.82) is 0 Å². The Morgan fingerprint density at radius 3 is 2.48 bits per heavy atom. The smallest absolute Gasteiger partial charge is 0.255 e. The molecule has 4 rings (SSSR count). The van der Waals surface area contributed by atoms with Crippen molar-refractivity contribution in [3.8, 4) is 17.2 Å². The molecule has 0 bridgehead atoms. The van der Waals surface area contributed by atoms with Crippen LogP contribution in [-0.2, 0) is 13.1 Å². The molecule has 6 heteroatoms. The third-order valence-corrected chi connectivity index (χ3v) is 5.34. The molecule has 0 unspecified atom stereocenters. The average molecular weight is 418 g/mol. The largest absolute Gasteiger partial charge is 0.504 e. The van der Waals surface area contributed by atoms with Crippen molar-refractivity contribution in [2.24, 2.45) is 0 Å². The van der Waals surface area contributed by atoms with Gasteiger partial charge in [0.15, 0.2) is 11.5 Å². The number of amides is 1. The number of methoxy groups -OCH3 is 1. The number of hydrogen-bond donors (Lipinski definition) is 2. The number of ether oxygens (including phenoxy) is 2. The maximum absolute atomic E-state index is 12.7. The highest BCUT2D eigenvalue weighted by Crippen LogP contribution is 2.31. The Morgan fingerprint density at radius 2 is 1.71 bits per heavy atom. The Morgan fingerprint density at radius 1 is 1.00 bits per heavy atom. The van der Waals surface area contributed by atoms with E-state index >= 15 is 0 Å². The van der Waals surface area contributed by atoms with E-state index in [4.69, 9.17) is 9.47 Å². The molecule has 1 saturated heterocycles. The molecule has 6 nitrogen and oxygen atoms in total. The molecule has 1 aliphatic heterocycles. The van der Waals surface area contributed by atoms with Crippen LogP contribution in [0.3, 0.4) is 0 Å². The van der Waals surface area contributed by atoms with Gasteiger partial charge in [-0.3, -0.25) is 9.69 Å². The summed E-state index contributed by atoms with van der Waals surface area (Å²) < 4.78 is 11.3. The van der Waals surface area contributed by atoms with Crippen molar-refractivity contribution < 1.29 is 19.4 Å². The second-order valence-electron chi connectivity index (χ2n) is 7.57. The highest BCUT2D eigenvalue weighted by Gasteiger charge is 2.30. The first-order valence-corrected chi connectivity index (χ1v) is 10.3. The Balaban J connectivity index is 1.32. The van der Waals surface area contributed by atoms with Gasteiger partial charge in [-0.1, -0.05) is 54.6 Å². The number of para-hydroxylation sites is 2. The highest BCUT2D eigenvalue weighted by atomic mass is 16.5. The van der Waals surface area contributed by atoms with Gasteiger partial charge in [-0.15, -0.1) is 0 Å². The topological polar surface area (TPSA) is 71.0 Å². The van der Waals surface area contributed by atoms with Crippen molar-refractivity contribution in [2.45, 2.75) is 19.2 Å². The minimum atomic E-state index is -0.156. The van der Waals surface area contributed by atoms with Crippen LogP contribution in [0.15, 0.2) is 72.8 Å². The summed E-state index contributed by atoms with van der Waals surface area (Å²) in [4.78, 5) is 14.9. The van der Waals surface area contributed by atoms with Gasteiger partial charge in [0.1, 0.15) is 11.9 Å². The Hall–Kier alpha value is -3.51. The molecule has 3 aromatic rings. The summed E-state index contributed by atoms with van der Waals surface area (Å²) in [7, 11) is 1.54. The molecule has 0 radical (unpaired) electrons. The Kier molecular flexibility index (Phi) is 6.38. The van der Waals surface area contributed by atoms with Crippen LogP contribution in [0.5, 0.6) is 17.2 Å². The molecule has 31 heavy (non-hydrogen) atoms. The van der Waals surface area contributed by atoms with Gasteiger partial charge in [0, 0.05) is 31.7 Å². The molecular formula is C25H26N2O4. The summed E-state index contributed by atoms with van der Waals surface area (Å²) >= 11 is 0. The van der Waals surface area contributed by atoms with Crippen molar-refractivity contribution in [1.82, 2.24) is 10.2 Å². The number of carbonyl (C=O) groups excluding carboxylic acids is 1. The normalized spacial score (nSPS) is 14.0. The average Bonchev–Trinajstić information content (AvgIpc) is 2.78. The lowest BCUT2D eigenvalue weighted by Crippen LogP contribution is -2.53. The van der Waals surface area contributed by atoms with E-state index in [1.807, 2.05) is 60.7 Å². The molecule has 160 valence electrons. The summed E-state index contributed by atoms with van der Waals surface area (Å²) in [5, 5.41) is 13.2. The number of aromatic hydroxyl groups is 1. The van der Waals surface area contributed by atoms with E-state index in [9.17, 15) is 9.90 Å². The fraction of sp³-hybridized carbons (Fsp3) is 0.240. The number of rotatable bonds is 8. The fourth-order valence-corrected chi connectivity index (χ4v) is 3.64. The van der Waals surface area contributed by atoms with E-state index < -0.39 is 0 Å². The number of benzene rings is 3. The van der Waals surface area contributed by atoms with Gasteiger partial charge >= 0.3 is 0 Å². The number of hydrogen-bond acceptors (Lipinski definition) is 5. The van der Waals surface area contributed by atoms with Crippen molar-refractivity contribution >= 4 is 5.91 Å². The quantitative estimate of drug-likeness (QED) is 0.585. The molecule has 1 amide bonds. The molecule has 3 aromatic carbocycles. The molecule has 0 atom stereocenters. The van der Waals surface area contributed by atoms with Crippen LogP contribution in [0.2, 0.25) is 0 Å². The van der Waals surface area contributed by atoms with E-state index in [1.54, 1.807) is 19.2 Å². The van der Waals surface area contributed by atoms with E-state index in [0.717, 1.165) is 24.2 Å². The first-order valence-electron chi connectivity index (χ1n) is 10.3. The monoisotopic (exact) mass is 418 g/mol. The van der Waals surface area contributed by atoms with Crippen LogP contribution in [0, 0.1) is 0 Å². The van der Waals surface area contributed by atoms with Gasteiger partial charge in [-0.25, -0.2) is 0 Å². The van der Waals surface area contributed by atoms with Gasteiger partial charge in [0.05, 0.1) is 12.7 Å². The predicted molar refractivity (Wildman–Crippen MR) is 118 cm³/mol. The second kappa shape index (κ2) is 9.53. The predicted octanol–water partition coefficient (Wildman–Crippen LogP) is 3.59. The van der Waals surface area contributed by atoms with Crippen molar-refractivity contribution in [2.75, 3.05) is 20.2 Å². The van der Waals surface area contributed by atoms with Crippen LogP contribution < -0.4 is 14.8 Å². The molecule has 1 fully saturated rings. The first-order chi connectivity index (χ1) is 15.1. The third-order valence-electron chi connectivity index (χ3n) is 5.34. The molecule has 1 heterocycles. The van der Waals surface area contributed by atoms with Crippen LogP contribution in [0.1, 0.15) is 21.5 Å². The van der Waals surface area contributed by atoms with E-state index in [-0.39, 0.29) is 17.8 Å². The minimum Gasteiger partial charge on any atom is -0.504 e. The third kappa shape index (κ3) is 4.98. The lowest BCUT2D eigenvalue weighted by molar-refractivity contribution is 0.0136. The van der Waals surface area contributed by atoms with Gasteiger partial charge in [0.2, 0.25) is 0 Å². The summed E-state index contributed by atoms with van der Waals surface area (Å²) in [6.45, 7) is 2.52. The van der Waals surface area contributed by atoms with E-state index in [0.29, 0.717) is 30.2 Å². The summed E-state index contributed by atoms with van der Waals surface area (Å²) in [5.74, 6) is 1.08. The Labute approximate surface area is 182 Å². The van der Waals surface area contributed by atoms with Crippen molar-refractivity contribution in [3.05, 3.63) is 89.5 Å². The lowest BCUT2D eigenvalue weighted by Gasteiger charge is -2.39. The molecule has 0 spiro atoms. The highest BCUT2D eigenvalue weighted by molar-refractivity contribution is 5.96. The zero-order chi connectivity index (χ0) is 21.6. The molecule has 0 saturated carbocycles. The Bertz CT molecular complexity index is 1030. The maximum atomic E-state index is 12.7. The van der Waals surface area contributed by atoms with Crippen LogP contribution >= 0.6 is 0 Å². The SMILES string of the molecule is COc1cccc(CN2CC(Oc3ccccc3C(=O)NCc3ccccc3)C2)c1O. The van der Waals surface area contributed by atoms with Crippen molar-refractivity contribution in [3.63, 3.8) is 0 Å². The standard InChI is InChI=1S/C25H26N2O4/c1-30-23-13-7-10-19(24(23)28)15-27-16-20(17-27)31-22-12-6-5-11-21(22)25(29)26-14-18-8-3-2-4-9-18/h2-13,20,28H,14-17H2,1H3,(H,26,29). The number of phenols is 1. The molecule has 2 N–H and O–H groups in total. The van der Waals surface area contributed by atoms with Crippen LogP contribution in [0.25, 0.3) is 0 Å². The fourth-order valence-electron chi connectivity index (χ4n) is 3.64. The molecular weight excluding hydrogens is 392 g/mol. The van der Waals surface area contributed by atoms with E-state index in [2.05, 4.69) is 10.2 Å².